The van der Waals surface area contributed by atoms with Crippen LogP contribution in [0.15, 0.2) is 91.0 Å². The third-order valence-electron chi connectivity index (χ3n) is 7.48. The van der Waals surface area contributed by atoms with Crippen LogP contribution in [-0.2, 0) is 22.6 Å². The van der Waals surface area contributed by atoms with Crippen LogP contribution >= 0.6 is 0 Å². The van der Waals surface area contributed by atoms with E-state index in [-0.39, 0.29) is 42.7 Å². The van der Waals surface area contributed by atoms with Crippen LogP contribution in [0.25, 0.3) is 10.8 Å². The van der Waals surface area contributed by atoms with Crippen molar-refractivity contribution < 1.29 is 18.8 Å². The summed E-state index contributed by atoms with van der Waals surface area (Å²) in [6.45, 7) is 3.76. The van der Waals surface area contributed by atoms with Crippen LogP contribution in [-0.4, -0.2) is 41.2 Å². The Hall–Kier alpha value is -4.52. The van der Waals surface area contributed by atoms with E-state index in [0.29, 0.717) is 23.2 Å². The van der Waals surface area contributed by atoms with Gasteiger partial charge in [-0.1, -0.05) is 73.7 Å². The molecule has 1 N–H and O–H groups in total. The molecule has 6 nitrogen and oxygen atoms in total. The van der Waals surface area contributed by atoms with Crippen LogP contribution in [0.1, 0.15) is 41.8 Å². The molecule has 5 rings (SSSR count). The molecule has 0 spiro atoms. The molecule has 2 unspecified atom stereocenters. The predicted octanol–water partition coefficient (Wildman–Crippen LogP) is 5.49. The van der Waals surface area contributed by atoms with Gasteiger partial charge in [0.05, 0.1) is 5.69 Å². The molecule has 0 radical (unpaired) electrons. The molecule has 1 aliphatic rings. The number of halogens is 1. The second-order valence-electron chi connectivity index (χ2n) is 10.2. The van der Waals surface area contributed by atoms with E-state index in [4.69, 9.17) is 0 Å². The van der Waals surface area contributed by atoms with Crippen molar-refractivity contribution in [3.8, 4) is 0 Å². The topological polar surface area (TPSA) is 69.7 Å². The van der Waals surface area contributed by atoms with E-state index in [9.17, 15) is 18.8 Å². The summed E-state index contributed by atoms with van der Waals surface area (Å²) in [5.41, 5.74) is 2.82. The Kier molecular flexibility index (Phi) is 7.91. The average molecular weight is 538 g/mol. The van der Waals surface area contributed by atoms with E-state index < -0.39 is 6.04 Å². The number of carbonyl (C=O) groups excluding carboxylic acids is 3. The zero-order chi connectivity index (χ0) is 28.2. The van der Waals surface area contributed by atoms with E-state index in [1.54, 1.807) is 18.2 Å². The fraction of sp³-hybridized carbons (Fsp3) is 0.242. The lowest BCUT2D eigenvalue weighted by molar-refractivity contribution is -0.140. The van der Waals surface area contributed by atoms with Gasteiger partial charge in [-0.15, -0.1) is 0 Å². The van der Waals surface area contributed by atoms with Crippen molar-refractivity contribution >= 4 is 34.2 Å². The third-order valence-corrected chi connectivity index (χ3v) is 7.48. The summed E-state index contributed by atoms with van der Waals surface area (Å²) < 4.78 is 13.7. The standard InChI is InChI=1S/C33H32FN3O3/c1-3-22(2)35-32(39)29(19-23-9-5-4-6-10-23)36(20-24-15-17-26(34)18-16-24)30(38)21-37-28-14-8-12-25-11-7-13-27(31(25)28)33(37)40/h4-18,22,29H,3,19-21H2,1-2H3,(H,35,39). The fourth-order valence-electron chi connectivity index (χ4n) is 5.14. The number of hydrogen-bond acceptors (Lipinski definition) is 3. The molecule has 0 fully saturated rings. The minimum Gasteiger partial charge on any atom is -0.352 e. The summed E-state index contributed by atoms with van der Waals surface area (Å²) in [6, 6.07) is 25.7. The molecular formula is C33H32FN3O3. The normalized spacial score (nSPS) is 13.8. The monoisotopic (exact) mass is 537 g/mol. The second kappa shape index (κ2) is 11.7. The van der Waals surface area contributed by atoms with Gasteiger partial charge in [0.25, 0.3) is 5.91 Å². The minimum atomic E-state index is -0.843. The number of carbonyl (C=O) groups is 3. The zero-order valence-electron chi connectivity index (χ0n) is 22.6. The Bertz CT molecular complexity index is 1530. The summed E-state index contributed by atoms with van der Waals surface area (Å²) in [5, 5.41) is 4.79. The summed E-state index contributed by atoms with van der Waals surface area (Å²) in [4.78, 5) is 44.3. The van der Waals surface area contributed by atoms with Crippen molar-refractivity contribution in [3.63, 3.8) is 0 Å². The first kappa shape index (κ1) is 27.1. The molecule has 4 aromatic rings. The van der Waals surface area contributed by atoms with Gasteiger partial charge in [-0.05, 0) is 54.1 Å². The lowest BCUT2D eigenvalue weighted by atomic mass is 10.0. The van der Waals surface area contributed by atoms with Crippen LogP contribution < -0.4 is 10.2 Å². The highest BCUT2D eigenvalue weighted by Crippen LogP contribution is 2.37. The highest BCUT2D eigenvalue weighted by atomic mass is 19.1. The van der Waals surface area contributed by atoms with Gasteiger partial charge in [0.2, 0.25) is 11.8 Å². The smallest absolute Gasteiger partial charge is 0.259 e. The lowest BCUT2D eigenvalue weighted by Crippen LogP contribution is -2.54. The molecule has 204 valence electrons. The molecule has 40 heavy (non-hydrogen) atoms. The molecule has 3 amide bonds. The van der Waals surface area contributed by atoms with Gasteiger partial charge in [0.1, 0.15) is 18.4 Å². The van der Waals surface area contributed by atoms with Crippen LogP contribution in [0.5, 0.6) is 0 Å². The Labute approximate surface area is 233 Å². The Morgan fingerprint density at radius 2 is 1.60 bits per heavy atom. The van der Waals surface area contributed by atoms with Crippen LogP contribution in [0.3, 0.4) is 0 Å². The first-order valence-corrected chi connectivity index (χ1v) is 13.6. The van der Waals surface area contributed by atoms with Gasteiger partial charge in [-0.3, -0.25) is 19.3 Å². The zero-order valence-corrected chi connectivity index (χ0v) is 22.6. The minimum absolute atomic E-state index is 0.0826. The largest absolute Gasteiger partial charge is 0.352 e. The molecule has 0 saturated carbocycles. The van der Waals surface area contributed by atoms with Gasteiger partial charge in [-0.25, -0.2) is 4.39 Å². The number of benzene rings is 4. The second-order valence-corrected chi connectivity index (χ2v) is 10.2. The van der Waals surface area contributed by atoms with E-state index in [0.717, 1.165) is 22.8 Å². The predicted molar refractivity (Wildman–Crippen MR) is 154 cm³/mol. The summed E-state index contributed by atoms with van der Waals surface area (Å²) in [6.07, 6.45) is 1.03. The van der Waals surface area contributed by atoms with Crippen LogP contribution in [0.2, 0.25) is 0 Å². The molecule has 0 aliphatic carbocycles. The Morgan fingerprint density at radius 1 is 0.900 bits per heavy atom. The van der Waals surface area contributed by atoms with Crippen molar-refractivity contribution in [1.82, 2.24) is 10.2 Å². The maximum absolute atomic E-state index is 14.2. The van der Waals surface area contributed by atoms with Crippen LogP contribution in [0, 0.1) is 5.82 Å². The first-order valence-electron chi connectivity index (χ1n) is 13.6. The Balaban J connectivity index is 1.51. The molecule has 2 atom stereocenters. The van der Waals surface area contributed by atoms with E-state index in [1.165, 1.54) is 21.9 Å². The number of rotatable bonds is 10. The maximum atomic E-state index is 14.2. The van der Waals surface area contributed by atoms with E-state index >= 15 is 0 Å². The fourth-order valence-corrected chi connectivity index (χ4v) is 5.14. The molecule has 1 aliphatic heterocycles. The van der Waals surface area contributed by atoms with Crippen molar-refractivity contribution in [1.29, 1.82) is 0 Å². The number of nitrogens with zero attached hydrogens (tertiary/aromatic N) is 2. The third kappa shape index (κ3) is 5.59. The number of anilines is 1. The van der Waals surface area contributed by atoms with Gasteiger partial charge >= 0.3 is 0 Å². The SMILES string of the molecule is CCC(C)NC(=O)C(Cc1ccccc1)N(Cc1ccc(F)cc1)C(=O)CN1C(=O)c2cccc3cccc1c23. The Morgan fingerprint density at radius 3 is 2.30 bits per heavy atom. The highest BCUT2D eigenvalue weighted by molar-refractivity contribution is 6.26. The number of amides is 3. The van der Waals surface area contributed by atoms with Crippen molar-refractivity contribution in [2.45, 2.75) is 45.3 Å². The van der Waals surface area contributed by atoms with E-state index in [1.807, 2.05) is 74.5 Å². The van der Waals surface area contributed by atoms with Gasteiger partial charge in [0, 0.05) is 30.0 Å². The maximum Gasteiger partial charge on any atom is 0.259 e. The van der Waals surface area contributed by atoms with Crippen molar-refractivity contribution in [2.24, 2.45) is 0 Å². The molecule has 7 heteroatoms. The molecule has 0 aromatic heterocycles. The van der Waals surface area contributed by atoms with Gasteiger partial charge < -0.3 is 10.2 Å². The highest BCUT2D eigenvalue weighted by Gasteiger charge is 2.36. The number of hydrogen-bond donors (Lipinski definition) is 1. The van der Waals surface area contributed by atoms with Gasteiger partial charge in [-0.2, -0.15) is 0 Å². The quantitative estimate of drug-likeness (QED) is 0.291. The molecule has 1 heterocycles. The summed E-state index contributed by atoms with van der Waals surface area (Å²) >= 11 is 0. The van der Waals surface area contributed by atoms with E-state index in [2.05, 4.69) is 5.32 Å². The molecular weight excluding hydrogens is 505 g/mol. The summed E-state index contributed by atoms with van der Waals surface area (Å²) in [5.74, 6) is -1.27. The van der Waals surface area contributed by atoms with Gasteiger partial charge in [0.15, 0.2) is 0 Å². The average Bonchev–Trinajstić information content (AvgIpc) is 3.24. The summed E-state index contributed by atoms with van der Waals surface area (Å²) in [7, 11) is 0. The van der Waals surface area contributed by atoms with Crippen LogP contribution in [0.4, 0.5) is 10.1 Å². The van der Waals surface area contributed by atoms with Crippen molar-refractivity contribution in [3.05, 3.63) is 114 Å². The molecule has 4 aromatic carbocycles. The number of nitrogens with one attached hydrogen (secondary N) is 1. The molecule has 0 bridgehead atoms. The molecule has 0 saturated heterocycles. The van der Waals surface area contributed by atoms with Crippen molar-refractivity contribution in [2.75, 3.05) is 11.4 Å². The lowest BCUT2D eigenvalue weighted by Gasteiger charge is -2.33. The first-order chi connectivity index (χ1) is 19.4.